The first-order valence-corrected chi connectivity index (χ1v) is 7.59. The third-order valence-electron chi connectivity index (χ3n) is 3.54. The summed E-state index contributed by atoms with van der Waals surface area (Å²) >= 11 is 0. The zero-order chi connectivity index (χ0) is 15.9. The van der Waals surface area contributed by atoms with E-state index in [1.165, 1.54) is 0 Å². The van der Waals surface area contributed by atoms with Crippen molar-refractivity contribution in [3.8, 4) is 5.75 Å². The number of fused-ring (bicyclic) bond motifs is 1. The average molecular weight is 312 g/mol. The summed E-state index contributed by atoms with van der Waals surface area (Å²) < 4.78 is 22.0. The highest BCUT2D eigenvalue weighted by Gasteiger charge is 2.29. The average Bonchev–Trinajstić information content (AvgIpc) is 2.93. The molecule has 0 fully saturated rings. The second-order valence-electron chi connectivity index (χ2n) is 5.14. The molecule has 0 aliphatic carbocycles. The van der Waals surface area contributed by atoms with Crippen LogP contribution in [-0.4, -0.2) is 33.4 Å². The van der Waals surface area contributed by atoms with Crippen molar-refractivity contribution in [1.82, 2.24) is 0 Å². The fraction of sp³-hybridized carbons (Fsp3) is 0.263. The number of para-hydroxylation sites is 1. The summed E-state index contributed by atoms with van der Waals surface area (Å²) in [6, 6.07) is 18.1. The van der Waals surface area contributed by atoms with Crippen molar-refractivity contribution < 1.29 is 18.9 Å². The first-order valence-electron chi connectivity index (χ1n) is 7.59. The summed E-state index contributed by atoms with van der Waals surface area (Å²) in [5, 5.41) is 0. The Morgan fingerprint density at radius 3 is 2.61 bits per heavy atom. The molecule has 0 aromatic heterocycles. The molecule has 0 spiro atoms. The SMILES string of the molecule is COCCOCOC1Oc2ccccc2/C1=C\c1ccccc1. The van der Waals surface area contributed by atoms with Crippen molar-refractivity contribution in [3.63, 3.8) is 0 Å². The van der Waals surface area contributed by atoms with E-state index in [1.54, 1.807) is 7.11 Å². The van der Waals surface area contributed by atoms with Crippen molar-refractivity contribution in [3.05, 3.63) is 65.7 Å². The van der Waals surface area contributed by atoms with Crippen molar-refractivity contribution in [2.24, 2.45) is 0 Å². The van der Waals surface area contributed by atoms with Crippen molar-refractivity contribution in [2.45, 2.75) is 6.29 Å². The molecule has 0 saturated carbocycles. The van der Waals surface area contributed by atoms with E-state index in [0.717, 1.165) is 22.4 Å². The third kappa shape index (κ3) is 3.99. The lowest BCUT2D eigenvalue weighted by Gasteiger charge is -2.14. The maximum Gasteiger partial charge on any atom is 0.229 e. The summed E-state index contributed by atoms with van der Waals surface area (Å²) in [5.41, 5.74) is 3.16. The third-order valence-corrected chi connectivity index (χ3v) is 3.54. The first-order chi connectivity index (χ1) is 11.4. The molecule has 1 aliphatic heterocycles. The van der Waals surface area contributed by atoms with Crippen molar-refractivity contribution in [2.75, 3.05) is 27.1 Å². The van der Waals surface area contributed by atoms with Gasteiger partial charge in [0.2, 0.25) is 6.29 Å². The summed E-state index contributed by atoms with van der Waals surface area (Å²) in [7, 11) is 1.64. The van der Waals surface area contributed by atoms with Gasteiger partial charge in [-0.2, -0.15) is 0 Å². The minimum atomic E-state index is -0.463. The minimum Gasteiger partial charge on any atom is -0.460 e. The van der Waals surface area contributed by atoms with Gasteiger partial charge >= 0.3 is 0 Å². The van der Waals surface area contributed by atoms with Crippen LogP contribution < -0.4 is 4.74 Å². The van der Waals surface area contributed by atoms with Crippen molar-refractivity contribution in [1.29, 1.82) is 0 Å². The van der Waals surface area contributed by atoms with Crippen LogP contribution >= 0.6 is 0 Å². The topological polar surface area (TPSA) is 36.9 Å². The maximum absolute atomic E-state index is 5.90. The summed E-state index contributed by atoms with van der Waals surface area (Å²) in [5.74, 6) is 0.830. The minimum absolute atomic E-state index is 0.161. The Balaban J connectivity index is 1.75. The van der Waals surface area contributed by atoms with E-state index in [-0.39, 0.29) is 6.79 Å². The molecule has 1 unspecified atom stereocenters. The van der Waals surface area contributed by atoms with E-state index in [9.17, 15) is 0 Å². The van der Waals surface area contributed by atoms with Crippen LogP contribution in [0.2, 0.25) is 0 Å². The molecule has 2 aromatic carbocycles. The van der Waals surface area contributed by atoms with Gasteiger partial charge < -0.3 is 18.9 Å². The Hall–Kier alpha value is -2.14. The van der Waals surface area contributed by atoms with Gasteiger partial charge in [-0.3, -0.25) is 0 Å². The van der Waals surface area contributed by atoms with Gasteiger partial charge in [0, 0.05) is 18.2 Å². The molecule has 3 rings (SSSR count). The number of hydrogen-bond donors (Lipinski definition) is 0. The Bertz CT molecular complexity index is 651. The van der Waals surface area contributed by atoms with Gasteiger partial charge in [-0.05, 0) is 17.7 Å². The Morgan fingerprint density at radius 2 is 1.78 bits per heavy atom. The fourth-order valence-corrected chi connectivity index (χ4v) is 2.42. The van der Waals surface area contributed by atoms with Gasteiger partial charge in [0.25, 0.3) is 0 Å². The van der Waals surface area contributed by atoms with Crippen molar-refractivity contribution >= 4 is 11.6 Å². The van der Waals surface area contributed by atoms with E-state index in [2.05, 4.69) is 18.2 Å². The van der Waals surface area contributed by atoms with E-state index in [4.69, 9.17) is 18.9 Å². The number of methoxy groups -OCH3 is 1. The second kappa shape index (κ2) is 7.92. The smallest absolute Gasteiger partial charge is 0.229 e. The number of benzene rings is 2. The lowest BCUT2D eigenvalue weighted by atomic mass is 10.0. The van der Waals surface area contributed by atoms with Crippen LogP contribution in [0.4, 0.5) is 0 Å². The zero-order valence-corrected chi connectivity index (χ0v) is 13.1. The number of hydrogen-bond acceptors (Lipinski definition) is 4. The van der Waals surface area contributed by atoms with E-state index < -0.39 is 6.29 Å². The van der Waals surface area contributed by atoms with Crippen LogP contribution in [0.5, 0.6) is 5.75 Å². The van der Waals surface area contributed by atoms with Gasteiger partial charge in [-0.1, -0.05) is 48.5 Å². The maximum atomic E-state index is 5.90. The second-order valence-corrected chi connectivity index (χ2v) is 5.14. The Kier molecular flexibility index (Phi) is 5.42. The summed E-state index contributed by atoms with van der Waals surface area (Å²) in [4.78, 5) is 0. The summed E-state index contributed by atoms with van der Waals surface area (Å²) in [6.45, 7) is 1.20. The number of rotatable bonds is 7. The highest BCUT2D eigenvalue weighted by atomic mass is 16.8. The van der Waals surface area contributed by atoms with Crippen LogP contribution in [-0.2, 0) is 14.2 Å². The molecule has 1 atom stereocenters. The molecule has 0 bridgehead atoms. The standard InChI is InChI=1S/C19H20O4/c1-20-11-12-21-14-22-19-17(13-15-7-3-2-4-8-15)16-9-5-6-10-18(16)23-19/h2-10,13,19H,11-12,14H2,1H3/b17-13+. The highest BCUT2D eigenvalue weighted by Crippen LogP contribution is 2.38. The normalized spacial score (nSPS) is 18.0. The fourth-order valence-electron chi connectivity index (χ4n) is 2.42. The van der Waals surface area contributed by atoms with Gasteiger partial charge in [0.05, 0.1) is 13.2 Å². The predicted molar refractivity (Wildman–Crippen MR) is 89.0 cm³/mol. The molecule has 2 aromatic rings. The molecule has 1 heterocycles. The molecule has 23 heavy (non-hydrogen) atoms. The lowest BCUT2D eigenvalue weighted by Crippen LogP contribution is -2.19. The molecular weight excluding hydrogens is 292 g/mol. The lowest BCUT2D eigenvalue weighted by molar-refractivity contribution is -0.131. The Labute approximate surface area is 136 Å². The quantitative estimate of drug-likeness (QED) is 0.578. The van der Waals surface area contributed by atoms with Gasteiger partial charge in [-0.15, -0.1) is 0 Å². The molecule has 4 heteroatoms. The molecular formula is C19H20O4. The van der Waals surface area contributed by atoms with Crippen LogP contribution in [0.25, 0.3) is 11.6 Å². The molecule has 1 aliphatic rings. The molecule has 4 nitrogen and oxygen atoms in total. The monoisotopic (exact) mass is 312 g/mol. The highest BCUT2D eigenvalue weighted by molar-refractivity contribution is 5.87. The van der Waals surface area contributed by atoms with Gasteiger partial charge in [-0.25, -0.2) is 0 Å². The van der Waals surface area contributed by atoms with E-state index in [0.29, 0.717) is 13.2 Å². The van der Waals surface area contributed by atoms with E-state index in [1.807, 2.05) is 42.5 Å². The molecule has 0 radical (unpaired) electrons. The van der Waals surface area contributed by atoms with Crippen LogP contribution in [0.1, 0.15) is 11.1 Å². The first kappa shape index (κ1) is 15.7. The van der Waals surface area contributed by atoms with Gasteiger partial charge in [0.1, 0.15) is 5.75 Å². The molecule has 120 valence electrons. The van der Waals surface area contributed by atoms with Gasteiger partial charge in [0.15, 0.2) is 6.79 Å². The molecule has 0 saturated heterocycles. The van der Waals surface area contributed by atoms with Crippen LogP contribution in [0.15, 0.2) is 54.6 Å². The molecule has 0 N–H and O–H groups in total. The Morgan fingerprint density at radius 1 is 1.00 bits per heavy atom. The van der Waals surface area contributed by atoms with Crippen LogP contribution in [0, 0.1) is 0 Å². The zero-order valence-electron chi connectivity index (χ0n) is 13.1. The van der Waals surface area contributed by atoms with Crippen LogP contribution in [0.3, 0.4) is 0 Å². The summed E-state index contributed by atoms with van der Waals surface area (Å²) in [6.07, 6.45) is 1.63. The molecule has 0 amide bonds. The number of ether oxygens (including phenoxy) is 4. The predicted octanol–water partition coefficient (Wildman–Crippen LogP) is 3.58. The largest absolute Gasteiger partial charge is 0.460 e. The van der Waals surface area contributed by atoms with E-state index >= 15 is 0 Å².